The van der Waals surface area contributed by atoms with Crippen LogP contribution in [0.5, 0.6) is 0 Å². The van der Waals surface area contributed by atoms with Crippen LogP contribution in [0.2, 0.25) is 0 Å². The van der Waals surface area contributed by atoms with Crippen LogP contribution < -0.4 is 16.4 Å². The lowest BCUT2D eigenvalue weighted by atomic mass is 10.4. The van der Waals surface area contributed by atoms with Gasteiger partial charge in [-0.05, 0) is 19.5 Å². The number of hydrogen-bond acceptors (Lipinski definition) is 3. The van der Waals surface area contributed by atoms with Crippen molar-refractivity contribution >= 4 is 6.03 Å². The van der Waals surface area contributed by atoms with Gasteiger partial charge < -0.3 is 21.3 Å². The highest BCUT2D eigenvalue weighted by Gasteiger charge is 2.17. The van der Waals surface area contributed by atoms with Crippen LogP contribution in [-0.2, 0) is 0 Å². The van der Waals surface area contributed by atoms with Crippen molar-refractivity contribution in [2.45, 2.75) is 6.42 Å². The van der Waals surface area contributed by atoms with E-state index in [4.69, 9.17) is 5.73 Å². The SMILES string of the molecule is NCCCNCCN1CCNC1=O. The number of nitrogens with zero attached hydrogens (tertiary/aromatic N) is 1. The molecule has 1 rings (SSSR count). The maximum absolute atomic E-state index is 11.1. The summed E-state index contributed by atoms with van der Waals surface area (Å²) in [5.41, 5.74) is 5.34. The first-order valence-corrected chi connectivity index (χ1v) is 4.78. The first kappa shape index (κ1) is 10.3. The van der Waals surface area contributed by atoms with Crippen LogP contribution >= 0.6 is 0 Å². The molecule has 0 atom stereocenters. The van der Waals surface area contributed by atoms with Gasteiger partial charge in [-0.3, -0.25) is 0 Å². The molecule has 0 spiro atoms. The van der Waals surface area contributed by atoms with Crippen molar-refractivity contribution < 1.29 is 4.79 Å². The third-order valence-electron chi connectivity index (χ3n) is 2.06. The lowest BCUT2D eigenvalue weighted by molar-refractivity contribution is 0.217. The Labute approximate surface area is 78.6 Å². The molecule has 0 aromatic heterocycles. The van der Waals surface area contributed by atoms with Gasteiger partial charge in [-0.15, -0.1) is 0 Å². The van der Waals surface area contributed by atoms with Gasteiger partial charge in [0.2, 0.25) is 0 Å². The fourth-order valence-electron chi connectivity index (χ4n) is 1.29. The van der Waals surface area contributed by atoms with Crippen molar-refractivity contribution in [3.05, 3.63) is 0 Å². The molecule has 76 valence electrons. The molecule has 1 aliphatic heterocycles. The molecule has 13 heavy (non-hydrogen) atoms. The summed E-state index contributed by atoms with van der Waals surface area (Å²) in [5.74, 6) is 0. The second-order valence-electron chi connectivity index (χ2n) is 3.11. The Morgan fingerprint density at radius 2 is 2.38 bits per heavy atom. The van der Waals surface area contributed by atoms with E-state index in [9.17, 15) is 4.79 Å². The van der Waals surface area contributed by atoms with E-state index in [0.717, 1.165) is 45.7 Å². The summed E-state index contributed by atoms with van der Waals surface area (Å²) >= 11 is 0. The molecule has 0 bridgehead atoms. The van der Waals surface area contributed by atoms with Crippen LogP contribution in [0.3, 0.4) is 0 Å². The summed E-state index contributed by atoms with van der Waals surface area (Å²) < 4.78 is 0. The number of hydrogen-bond donors (Lipinski definition) is 3. The van der Waals surface area contributed by atoms with Crippen molar-refractivity contribution in [2.24, 2.45) is 5.73 Å². The standard InChI is InChI=1S/C8H18N4O/c9-2-1-3-10-4-6-12-7-5-11-8(12)13/h10H,1-7,9H2,(H,11,13). The van der Waals surface area contributed by atoms with Gasteiger partial charge >= 0.3 is 6.03 Å². The highest BCUT2D eigenvalue weighted by atomic mass is 16.2. The van der Waals surface area contributed by atoms with Gasteiger partial charge in [0, 0.05) is 26.2 Å². The molecule has 1 aliphatic rings. The van der Waals surface area contributed by atoms with Gasteiger partial charge in [-0.2, -0.15) is 0 Å². The Balaban J connectivity index is 1.96. The fourth-order valence-corrected chi connectivity index (χ4v) is 1.29. The number of urea groups is 1. The quantitative estimate of drug-likeness (QED) is 0.464. The van der Waals surface area contributed by atoms with E-state index < -0.39 is 0 Å². The highest BCUT2D eigenvalue weighted by molar-refractivity contribution is 5.76. The van der Waals surface area contributed by atoms with Crippen LogP contribution in [-0.4, -0.2) is 50.2 Å². The summed E-state index contributed by atoms with van der Waals surface area (Å²) in [7, 11) is 0. The van der Waals surface area contributed by atoms with Crippen molar-refractivity contribution in [1.82, 2.24) is 15.5 Å². The number of amides is 2. The van der Waals surface area contributed by atoms with Gasteiger partial charge in [0.15, 0.2) is 0 Å². The average molecular weight is 186 g/mol. The minimum absolute atomic E-state index is 0.0561. The second-order valence-corrected chi connectivity index (χ2v) is 3.11. The van der Waals surface area contributed by atoms with Crippen LogP contribution in [0.25, 0.3) is 0 Å². The Morgan fingerprint density at radius 1 is 1.54 bits per heavy atom. The molecule has 0 radical (unpaired) electrons. The maximum atomic E-state index is 11.1. The van der Waals surface area contributed by atoms with Crippen LogP contribution in [0.1, 0.15) is 6.42 Å². The zero-order valence-electron chi connectivity index (χ0n) is 7.88. The normalized spacial score (nSPS) is 16.4. The van der Waals surface area contributed by atoms with Crippen molar-refractivity contribution in [2.75, 3.05) is 39.3 Å². The molecule has 5 heteroatoms. The third kappa shape index (κ3) is 3.61. The molecule has 0 aliphatic carbocycles. The number of carbonyl (C=O) groups is 1. The zero-order chi connectivity index (χ0) is 9.52. The summed E-state index contributed by atoms with van der Waals surface area (Å²) in [6.07, 6.45) is 0.992. The molecule has 0 aromatic rings. The van der Waals surface area contributed by atoms with Gasteiger partial charge in [0.25, 0.3) is 0 Å². The van der Waals surface area contributed by atoms with E-state index in [1.54, 1.807) is 0 Å². The zero-order valence-corrected chi connectivity index (χ0v) is 7.88. The molecule has 0 saturated carbocycles. The summed E-state index contributed by atoms with van der Waals surface area (Å²) in [6, 6.07) is 0.0561. The number of nitrogens with two attached hydrogens (primary N) is 1. The van der Waals surface area contributed by atoms with Crippen LogP contribution in [0.15, 0.2) is 0 Å². The molecule has 1 fully saturated rings. The second kappa shape index (κ2) is 5.77. The van der Waals surface area contributed by atoms with E-state index in [1.807, 2.05) is 4.90 Å². The summed E-state index contributed by atoms with van der Waals surface area (Å²) in [6.45, 7) is 4.91. The summed E-state index contributed by atoms with van der Waals surface area (Å²) in [5, 5.41) is 5.99. The maximum Gasteiger partial charge on any atom is 0.317 e. The van der Waals surface area contributed by atoms with E-state index in [1.165, 1.54) is 0 Å². The average Bonchev–Trinajstić information content (AvgIpc) is 2.52. The monoisotopic (exact) mass is 186 g/mol. The van der Waals surface area contributed by atoms with Gasteiger partial charge in [0.05, 0.1) is 0 Å². The van der Waals surface area contributed by atoms with Gasteiger partial charge in [0.1, 0.15) is 0 Å². The first-order chi connectivity index (χ1) is 6.34. The lowest BCUT2D eigenvalue weighted by Gasteiger charge is -2.13. The molecule has 4 N–H and O–H groups in total. The lowest BCUT2D eigenvalue weighted by Crippen LogP contribution is -2.35. The fraction of sp³-hybridized carbons (Fsp3) is 0.875. The molecule has 2 amide bonds. The summed E-state index contributed by atoms with van der Waals surface area (Å²) in [4.78, 5) is 12.9. The molecule has 0 aromatic carbocycles. The smallest absolute Gasteiger partial charge is 0.317 e. The third-order valence-corrected chi connectivity index (χ3v) is 2.06. The molecular weight excluding hydrogens is 168 g/mol. The van der Waals surface area contributed by atoms with Crippen LogP contribution in [0, 0.1) is 0 Å². The van der Waals surface area contributed by atoms with E-state index in [0.29, 0.717) is 0 Å². The Kier molecular flexibility index (Phi) is 4.56. The minimum Gasteiger partial charge on any atom is -0.336 e. The molecule has 0 unspecified atom stereocenters. The first-order valence-electron chi connectivity index (χ1n) is 4.78. The van der Waals surface area contributed by atoms with Crippen molar-refractivity contribution in [1.29, 1.82) is 0 Å². The molecule has 5 nitrogen and oxygen atoms in total. The predicted octanol–water partition coefficient (Wildman–Crippen LogP) is -1.05. The molecular formula is C8H18N4O. The number of rotatable bonds is 6. The number of nitrogens with one attached hydrogen (secondary N) is 2. The van der Waals surface area contributed by atoms with Crippen LogP contribution in [0.4, 0.5) is 4.79 Å². The van der Waals surface area contributed by atoms with Crippen molar-refractivity contribution in [3.63, 3.8) is 0 Å². The predicted molar refractivity (Wildman–Crippen MR) is 51.5 cm³/mol. The Hall–Kier alpha value is -0.810. The Bertz CT molecular complexity index is 162. The van der Waals surface area contributed by atoms with E-state index in [2.05, 4.69) is 10.6 Å². The van der Waals surface area contributed by atoms with Crippen molar-refractivity contribution in [3.8, 4) is 0 Å². The number of carbonyl (C=O) groups excluding carboxylic acids is 1. The topological polar surface area (TPSA) is 70.4 Å². The highest BCUT2D eigenvalue weighted by Crippen LogP contribution is 1.94. The van der Waals surface area contributed by atoms with E-state index in [-0.39, 0.29) is 6.03 Å². The molecule has 1 heterocycles. The molecule has 1 saturated heterocycles. The van der Waals surface area contributed by atoms with Gasteiger partial charge in [-0.1, -0.05) is 0 Å². The largest absolute Gasteiger partial charge is 0.336 e. The van der Waals surface area contributed by atoms with E-state index >= 15 is 0 Å². The minimum atomic E-state index is 0.0561. The van der Waals surface area contributed by atoms with Gasteiger partial charge in [-0.25, -0.2) is 4.79 Å². The Morgan fingerprint density at radius 3 is 3.00 bits per heavy atom.